The van der Waals surface area contributed by atoms with E-state index >= 15 is 0 Å². The average Bonchev–Trinajstić information content (AvgIpc) is 2.77. The molecule has 5 nitrogen and oxygen atoms in total. The molecule has 0 fully saturated rings. The standard InChI is InChI=1S/C12H14N2O3S2/c1-8-4-3-5-10(6-8)19(16,17)14-12-13-11(7-18-12)9(2)15/h3-7,9,15H,1-2H3,(H,13,14). The van der Waals surface area contributed by atoms with E-state index in [1.165, 1.54) is 6.07 Å². The topological polar surface area (TPSA) is 79.3 Å². The first-order valence-electron chi connectivity index (χ1n) is 5.61. The van der Waals surface area contributed by atoms with Gasteiger partial charge in [0.15, 0.2) is 5.13 Å². The van der Waals surface area contributed by atoms with E-state index in [0.717, 1.165) is 16.9 Å². The lowest BCUT2D eigenvalue weighted by Gasteiger charge is -2.05. The Labute approximate surface area is 116 Å². The van der Waals surface area contributed by atoms with Crippen molar-refractivity contribution in [3.63, 3.8) is 0 Å². The van der Waals surface area contributed by atoms with Crippen LogP contribution in [0.5, 0.6) is 0 Å². The molecule has 102 valence electrons. The third kappa shape index (κ3) is 3.31. The zero-order valence-electron chi connectivity index (χ0n) is 10.5. The summed E-state index contributed by atoms with van der Waals surface area (Å²) in [5.41, 5.74) is 1.32. The molecule has 1 heterocycles. The summed E-state index contributed by atoms with van der Waals surface area (Å²) >= 11 is 1.14. The normalized spacial score (nSPS) is 13.2. The highest BCUT2D eigenvalue weighted by Crippen LogP contribution is 2.23. The second-order valence-electron chi connectivity index (χ2n) is 4.18. The van der Waals surface area contributed by atoms with Crippen LogP contribution in [-0.2, 0) is 10.0 Å². The third-order valence-corrected chi connectivity index (χ3v) is 4.71. The monoisotopic (exact) mass is 298 g/mol. The van der Waals surface area contributed by atoms with Gasteiger partial charge in [-0.25, -0.2) is 13.4 Å². The minimum Gasteiger partial charge on any atom is -0.387 e. The van der Waals surface area contributed by atoms with Gasteiger partial charge in [-0.05, 0) is 31.5 Å². The van der Waals surface area contributed by atoms with E-state index in [-0.39, 0.29) is 10.0 Å². The summed E-state index contributed by atoms with van der Waals surface area (Å²) < 4.78 is 26.7. The van der Waals surface area contributed by atoms with Gasteiger partial charge in [0.25, 0.3) is 10.0 Å². The highest BCUT2D eigenvalue weighted by molar-refractivity contribution is 7.93. The predicted molar refractivity (Wildman–Crippen MR) is 74.7 cm³/mol. The molecule has 2 rings (SSSR count). The molecular formula is C12H14N2O3S2. The van der Waals surface area contributed by atoms with Gasteiger partial charge in [0.05, 0.1) is 16.7 Å². The molecule has 2 N–H and O–H groups in total. The van der Waals surface area contributed by atoms with E-state index < -0.39 is 16.1 Å². The van der Waals surface area contributed by atoms with Gasteiger partial charge >= 0.3 is 0 Å². The zero-order valence-corrected chi connectivity index (χ0v) is 12.1. The van der Waals surface area contributed by atoms with Gasteiger partial charge in [-0.3, -0.25) is 4.72 Å². The van der Waals surface area contributed by atoms with Crippen LogP contribution in [0, 0.1) is 6.92 Å². The maximum atomic E-state index is 12.1. The fourth-order valence-electron chi connectivity index (χ4n) is 1.48. The molecule has 0 radical (unpaired) electrons. The molecule has 0 bridgehead atoms. The van der Waals surface area contributed by atoms with Gasteiger partial charge < -0.3 is 5.11 Å². The number of aliphatic hydroxyl groups is 1. The molecule has 0 saturated carbocycles. The van der Waals surface area contributed by atoms with Gasteiger partial charge in [-0.15, -0.1) is 11.3 Å². The molecule has 7 heteroatoms. The molecule has 19 heavy (non-hydrogen) atoms. The first-order chi connectivity index (χ1) is 8.88. The van der Waals surface area contributed by atoms with E-state index in [9.17, 15) is 13.5 Å². The minimum atomic E-state index is -3.63. The molecule has 0 aliphatic carbocycles. The maximum Gasteiger partial charge on any atom is 0.263 e. The minimum absolute atomic E-state index is 0.196. The van der Waals surface area contributed by atoms with Gasteiger partial charge in [-0.2, -0.15) is 0 Å². The molecular weight excluding hydrogens is 284 g/mol. The van der Waals surface area contributed by atoms with Crippen molar-refractivity contribution in [2.45, 2.75) is 24.8 Å². The number of sulfonamides is 1. The summed E-state index contributed by atoms with van der Waals surface area (Å²) in [6.45, 7) is 3.40. The number of aromatic nitrogens is 1. The molecule has 0 aliphatic rings. The second kappa shape index (κ2) is 5.28. The lowest BCUT2D eigenvalue weighted by Crippen LogP contribution is -2.13. The number of aryl methyl sites for hydroxylation is 1. The average molecular weight is 298 g/mol. The number of aliphatic hydroxyl groups excluding tert-OH is 1. The Bertz CT molecular complexity index is 678. The molecule has 0 aliphatic heterocycles. The van der Waals surface area contributed by atoms with E-state index in [4.69, 9.17) is 0 Å². The van der Waals surface area contributed by atoms with Crippen molar-refractivity contribution in [3.05, 3.63) is 40.9 Å². The van der Waals surface area contributed by atoms with Crippen LogP contribution in [0.3, 0.4) is 0 Å². The van der Waals surface area contributed by atoms with Crippen LogP contribution in [0.2, 0.25) is 0 Å². The van der Waals surface area contributed by atoms with Crippen molar-refractivity contribution >= 4 is 26.5 Å². The van der Waals surface area contributed by atoms with Gasteiger partial charge in [0.1, 0.15) is 0 Å². The highest BCUT2D eigenvalue weighted by Gasteiger charge is 2.16. The largest absolute Gasteiger partial charge is 0.387 e. The summed E-state index contributed by atoms with van der Waals surface area (Å²) in [5.74, 6) is 0. The SMILES string of the molecule is Cc1cccc(S(=O)(=O)Nc2nc(C(C)O)cs2)c1. The van der Waals surface area contributed by atoms with Crippen LogP contribution in [0.25, 0.3) is 0 Å². The Morgan fingerprint density at radius 2 is 2.16 bits per heavy atom. The first kappa shape index (κ1) is 14.0. The Balaban J connectivity index is 2.26. The number of benzene rings is 1. The summed E-state index contributed by atoms with van der Waals surface area (Å²) in [4.78, 5) is 4.22. The third-order valence-electron chi connectivity index (χ3n) is 2.47. The Kier molecular flexibility index (Phi) is 3.88. The Hall–Kier alpha value is -1.44. The van der Waals surface area contributed by atoms with Gasteiger partial charge in [0.2, 0.25) is 0 Å². The number of hydrogen-bond donors (Lipinski definition) is 2. The molecule has 1 atom stereocenters. The van der Waals surface area contributed by atoms with E-state index in [1.54, 1.807) is 24.4 Å². The van der Waals surface area contributed by atoms with Crippen LogP contribution in [0.15, 0.2) is 34.5 Å². The van der Waals surface area contributed by atoms with Crippen molar-refractivity contribution in [3.8, 4) is 0 Å². The molecule has 0 spiro atoms. The molecule has 1 aromatic carbocycles. The number of nitrogens with one attached hydrogen (secondary N) is 1. The quantitative estimate of drug-likeness (QED) is 0.907. The molecule has 1 aromatic heterocycles. The number of anilines is 1. The fraction of sp³-hybridized carbons (Fsp3) is 0.250. The highest BCUT2D eigenvalue weighted by atomic mass is 32.2. The second-order valence-corrected chi connectivity index (χ2v) is 6.72. The predicted octanol–water partition coefficient (Wildman–Crippen LogP) is 2.31. The summed E-state index contributed by atoms with van der Waals surface area (Å²) in [6, 6.07) is 6.63. The lowest BCUT2D eigenvalue weighted by molar-refractivity contribution is 0.195. The molecule has 1 unspecified atom stereocenters. The van der Waals surface area contributed by atoms with Crippen LogP contribution in [0.4, 0.5) is 5.13 Å². The van der Waals surface area contributed by atoms with Crippen molar-refractivity contribution in [1.29, 1.82) is 0 Å². The van der Waals surface area contributed by atoms with Crippen LogP contribution < -0.4 is 4.72 Å². The number of nitrogens with zero attached hydrogens (tertiary/aromatic N) is 1. The van der Waals surface area contributed by atoms with Crippen LogP contribution in [-0.4, -0.2) is 18.5 Å². The molecule has 0 amide bonds. The number of hydrogen-bond acceptors (Lipinski definition) is 5. The van der Waals surface area contributed by atoms with E-state index in [2.05, 4.69) is 9.71 Å². The van der Waals surface area contributed by atoms with Crippen molar-refractivity contribution in [2.24, 2.45) is 0 Å². The fourth-order valence-corrected chi connectivity index (χ4v) is 3.64. The van der Waals surface area contributed by atoms with Crippen molar-refractivity contribution < 1.29 is 13.5 Å². The van der Waals surface area contributed by atoms with E-state index in [1.807, 2.05) is 13.0 Å². The summed E-state index contributed by atoms with van der Waals surface area (Å²) in [7, 11) is -3.63. The number of rotatable bonds is 4. The summed E-state index contributed by atoms with van der Waals surface area (Å²) in [5, 5.41) is 11.2. The van der Waals surface area contributed by atoms with Crippen LogP contribution in [0.1, 0.15) is 24.3 Å². The Morgan fingerprint density at radius 1 is 1.42 bits per heavy atom. The van der Waals surface area contributed by atoms with E-state index in [0.29, 0.717) is 5.69 Å². The maximum absolute atomic E-state index is 12.1. The van der Waals surface area contributed by atoms with Crippen LogP contribution >= 0.6 is 11.3 Å². The smallest absolute Gasteiger partial charge is 0.263 e. The molecule has 0 saturated heterocycles. The van der Waals surface area contributed by atoms with Gasteiger partial charge in [-0.1, -0.05) is 12.1 Å². The van der Waals surface area contributed by atoms with Crippen molar-refractivity contribution in [2.75, 3.05) is 4.72 Å². The lowest BCUT2D eigenvalue weighted by atomic mass is 10.2. The molecule has 2 aromatic rings. The zero-order chi connectivity index (χ0) is 14.0. The number of thiazole rings is 1. The Morgan fingerprint density at radius 3 is 2.74 bits per heavy atom. The first-order valence-corrected chi connectivity index (χ1v) is 7.98. The summed E-state index contributed by atoms with van der Waals surface area (Å²) in [6.07, 6.45) is -0.714. The van der Waals surface area contributed by atoms with Crippen molar-refractivity contribution in [1.82, 2.24) is 4.98 Å². The van der Waals surface area contributed by atoms with Gasteiger partial charge in [0, 0.05) is 5.38 Å².